The third-order valence-electron chi connectivity index (χ3n) is 4.71. The van der Waals surface area contributed by atoms with Crippen LogP contribution in [0.25, 0.3) is 0 Å². The summed E-state index contributed by atoms with van der Waals surface area (Å²) in [6, 6.07) is 15.5. The Hall–Kier alpha value is -3.04. The van der Waals surface area contributed by atoms with Gasteiger partial charge in [-0.05, 0) is 61.4 Å². The zero-order chi connectivity index (χ0) is 20.6. The lowest BCUT2D eigenvalue weighted by Gasteiger charge is -2.31. The Balaban J connectivity index is 1.44. The van der Waals surface area contributed by atoms with Crippen LogP contribution in [0, 0.1) is 17.2 Å². The lowest BCUT2D eigenvalue weighted by molar-refractivity contribution is -0.150. The Labute approximate surface area is 174 Å². The smallest absolute Gasteiger partial charge is 0.310 e. The molecule has 6 nitrogen and oxygen atoms in total. The Morgan fingerprint density at radius 1 is 1.10 bits per heavy atom. The van der Waals surface area contributed by atoms with Gasteiger partial charge < -0.3 is 14.4 Å². The third-order valence-corrected chi connectivity index (χ3v) is 4.96. The van der Waals surface area contributed by atoms with E-state index in [1.54, 1.807) is 53.4 Å². The van der Waals surface area contributed by atoms with Gasteiger partial charge in [-0.1, -0.05) is 11.6 Å². The number of esters is 1. The van der Waals surface area contributed by atoms with E-state index < -0.39 is 0 Å². The maximum absolute atomic E-state index is 12.6. The minimum Gasteiger partial charge on any atom is -0.490 e. The molecule has 0 spiro atoms. The molecule has 0 N–H and O–H groups in total. The van der Waals surface area contributed by atoms with Crippen molar-refractivity contribution in [2.75, 3.05) is 26.3 Å². The number of benzene rings is 2. The Morgan fingerprint density at radius 2 is 1.83 bits per heavy atom. The highest BCUT2D eigenvalue weighted by molar-refractivity contribution is 6.30. The van der Waals surface area contributed by atoms with Crippen LogP contribution in [-0.2, 0) is 9.53 Å². The lowest BCUT2D eigenvalue weighted by atomic mass is 9.97. The van der Waals surface area contributed by atoms with E-state index in [2.05, 4.69) is 0 Å². The molecule has 1 fully saturated rings. The van der Waals surface area contributed by atoms with Gasteiger partial charge in [0.1, 0.15) is 19.0 Å². The SMILES string of the molecule is N#Cc1ccc(OCCOC(=O)[C@@H]2CCCN(C(=O)c3ccc(Cl)cc3)C2)cc1. The van der Waals surface area contributed by atoms with Crippen LogP contribution in [0.1, 0.15) is 28.8 Å². The number of nitriles is 1. The summed E-state index contributed by atoms with van der Waals surface area (Å²) >= 11 is 5.87. The van der Waals surface area contributed by atoms with E-state index in [1.165, 1.54) is 0 Å². The predicted molar refractivity (Wildman–Crippen MR) is 108 cm³/mol. The zero-order valence-corrected chi connectivity index (χ0v) is 16.6. The average molecular weight is 413 g/mol. The molecule has 0 saturated carbocycles. The Bertz CT molecular complexity index is 891. The van der Waals surface area contributed by atoms with E-state index in [9.17, 15) is 9.59 Å². The first-order valence-corrected chi connectivity index (χ1v) is 9.79. The van der Waals surface area contributed by atoms with Gasteiger partial charge in [-0.2, -0.15) is 5.26 Å². The van der Waals surface area contributed by atoms with E-state index in [4.69, 9.17) is 26.3 Å². The van der Waals surface area contributed by atoms with E-state index in [0.717, 1.165) is 6.42 Å². The van der Waals surface area contributed by atoms with Crippen molar-refractivity contribution in [1.29, 1.82) is 5.26 Å². The molecule has 0 bridgehead atoms. The van der Waals surface area contributed by atoms with Gasteiger partial charge in [0.25, 0.3) is 5.91 Å². The molecule has 1 aliphatic rings. The monoisotopic (exact) mass is 412 g/mol. The number of ether oxygens (including phenoxy) is 2. The Morgan fingerprint density at radius 3 is 2.52 bits per heavy atom. The maximum atomic E-state index is 12.6. The van der Waals surface area contributed by atoms with Crippen molar-refractivity contribution < 1.29 is 19.1 Å². The largest absolute Gasteiger partial charge is 0.490 e. The first-order valence-electron chi connectivity index (χ1n) is 9.41. The molecule has 7 heteroatoms. The second-order valence-electron chi connectivity index (χ2n) is 6.75. The molecule has 1 amide bonds. The molecule has 1 aliphatic heterocycles. The van der Waals surface area contributed by atoms with Gasteiger partial charge >= 0.3 is 5.97 Å². The molecule has 29 heavy (non-hydrogen) atoms. The fourth-order valence-electron chi connectivity index (χ4n) is 3.17. The van der Waals surface area contributed by atoms with E-state index >= 15 is 0 Å². The predicted octanol–water partition coefficient (Wildman–Crippen LogP) is 3.69. The molecule has 0 aliphatic carbocycles. The van der Waals surface area contributed by atoms with Crippen molar-refractivity contribution in [2.24, 2.45) is 5.92 Å². The summed E-state index contributed by atoms with van der Waals surface area (Å²) in [6.45, 7) is 1.31. The minimum absolute atomic E-state index is 0.108. The van der Waals surface area contributed by atoms with Gasteiger partial charge in [0.05, 0.1) is 17.6 Å². The lowest BCUT2D eigenvalue weighted by Crippen LogP contribution is -2.43. The molecule has 1 heterocycles. The number of carbonyl (C=O) groups excluding carboxylic acids is 2. The fraction of sp³-hybridized carbons (Fsp3) is 0.318. The Kier molecular flexibility index (Phi) is 7.09. The van der Waals surface area contributed by atoms with Crippen LogP contribution in [-0.4, -0.2) is 43.1 Å². The topological polar surface area (TPSA) is 79.6 Å². The van der Waals surface area contributed by atoms with Gasteiger partial charge in [-0.15, -0.1) is 0 Å². The normalized spacial score (nSPS) is 16.0. The van der Waals surface area contributed by atoms with Gasteiger partial charge in [0, 0.05) is 23.7 Å². The average Bonchev–Trinajstić information content (AvgIpc) is 2.77. The van der Waals surface area contributed by atoms with Crippen molar-refractivity contribution >= 4 is 23.5 Å². The first-order chi connectivity index (χ1) is 14.1. The zero-order valence-electron chi connectivity index (χ0n) is 15.8. The van der Waals surface area contributed by atoms with E-state index in [1.807, 2.05) is 6.07 Å². The van der Waals surface area contributed by atoms with Crippen molar-refractivity contribution in [3.63, 3.8) is 0 Å². The number of rotatable bonds is 6. The molecule has 0 unspecified atom stereocenters. The molecule has 2 aromatic carbocycles. The molecule has 0 aromatic heterocycles. The number of hydrogen-bond acceptors (Lipinski definition) is 5. The first kappa shape index (κ1) is 20.7. The van der Waals surface area contributed by atoms with Crippen LogP contribution in [0.5, 0.6) is 5.75 Å². The van der Waals surface area contributed by atoms with Crippen molar-refractivity contribution in [1.82, 2.24) is 4.90 Å². The molecule has 2 aromatic rings. The number of nitrogens with zero attached hydrogens (tertiary/aromatic N) is 2. The van der Waals surface area contributed by atoms with Crippen LogP contribution >= 0.6 is 11.6 Å². The highest BCUT2D eigenvalue weighted by atomic mass is 35.5. The molecule has 150 valence electrons. The molecule has 0 radical (unpaired) electrons. The molecule has 1 atom stereocenters. The molecular weight excluding hydrogens is 392 g/mol. The quantitative estimate of drug-likeness (QED) is 0.534. The summed E-state index contributed by atoms with van der Waals surface area (Å²) in [5.74, 6) is -0.155. The van der Waals surface area contributed by atoms with Crippen LogP contribution in [0.4, 0.5) is 0 Å². The number of piperidine rings is 1. The number of hydrogen-bond donors (Lipinski definition) is 0. The summed E-state index contributed by atoms with van der Waals surface area (Å²) < 4.78 is 10.8. The summed E-state index contributed by atoms with van der Waals surface area (Å²) in [5, 5.41) is 9.35. The van der Waals surface area contributed by atoms with Gasteiger partial charge in [-0.25, -0.2) is 0 Å². The maximum Gasteiger partial charge on any atom is 0.310 e. The highest BCUT2D eigenvalue weighted by Crippen LogP contribution is 2.21. The van der Waals surface area contributed by atoms with Crippen LogP contribution < -0.4 is 4.74 Å². The second-order valence-corrected chi connectivity index (χ2v) is 7.19. The van der Waals surface area contributed by atoms with Crippen molar-refractivity contribution in [3.05, 3.63) is 64.7 Å². The van der Waals surface area contributed by atoms with Crippen molar-refractivity contribution in [3.8, 4) is 11.8 Å². The fourth-order valence-corrected chi connectivity index (χ4v) is 3.30. The number of likely N-dealkylation sites (tertiary alicyclic amines) is 1. The highest BCUT2D eigenvalue weighted by Gasteiger charge is 2.29. The van der Waals surface area contributed by atoms with E-state index in [0.29, 0.717) is 41.4 Å². The summed E-state index contributed by atoms with van der Waals surface area (Å²) in [7, 11) is 0. The van der Waals surface area contributed by atoms with Gasteiger partial charge in [0.2, 0.25) is 0 Å². The van der Waals surface area contributed by atoms with Crippen molar-refractivity contribution in [2.45, 2.75) is 12.8 Å². The van der Waals surface area contributed by atoms with Gasteiger partial charge in [-0.3, -0.25) is 9.59 Å². The van der Waals surface area contributed by atoms with Crippen LogP contribution in [0.3, 0.4) is 0 Å². The molecular formula is C22H21ClN2O4. The summed E-state index contributed by atoms with van der Waals surface area (Å²) in [4.78, 5) is 26.7. The minimum atomic E-state index is -0.338. The summed E-state index contributed by atoms with van der Waals surface area (Å²) in [5.41, 5.74) is 1.11. The second kappa shape index (κ2) is 9.94. The van der Waals surface area contributed by atoms with E-state index in [-0.39, 0.29) is 31.0 Å². The summed E-state index contributed by atoms with van der Waals surface area (Å²) in [6.07, 6.45) is 1.44. The number of halogens is 1. The van der Waals surface area contributed by atoms with Crippen LogP contribution in [0.2, 0.25) is 5.02 Å². The number of amides is 1. The third kappa shape index (κ3) is 5.72. The standard InChI is InChI=1S/C22H21ClN2O4/c23-19-7-5-17(6-8-19)21(26)25-11-1-2-18(15-25)22(27)29-13-12-28-20-9-3-16(14-24)4-10-20/h3-10,18H,1-2,11-13,15H2/t18-/m1/s1. The van der Waals surface area contributed by atoms with Gasteiger partial charge in [0.15, 0.2) is 0 Å². The molecule has 3 rings (SSSR count). The number of carbonyl (C=O) groups is 2. The molecule has 1 saturated heterocycles. The van der Waals surface area contributed by atoms with Crippen LogP contribution in [0.15, 0.2) is 48.5 Å².